The van der Waals surface area contributed by atoms with Crippen LogP contribution in [0.1, 0.15) is 36.6 Å². The Hall–Kier alpha value is -2.08. The fourth-order valence-corrected chi connectivity index (χ4v) is 3.27. The van der Waals surface area contributed by atoms with Gasteiger partial charge in [0.05, 0.1) is 17.7 Å². The smallest absolute Gasteiger partial charge is 0.390 e. The SMILES string of the molecule is CC1(C)c2ccc(C(F)(F)F)cc2[C@@H](n2ccccc2=O)[C@@H]1O. The van der Waals surface area contributed by atoms with Gasteiger partial charge in [-0.3, -0.25) is 4.79 Å². The Morgan fingerprint density at radius 2 is 1.87 bits per heavy atom. The zero-order chi connectivity index (χ0) is 17.0. The normalized spacial score (nSPS) is 22.9. The van der Waals surface area contributed by atoms with E-state index in [9.17, 15) is 23.1 Å². The number of rotatable bonds is 1. The van der Waals surface area contributed by atoms with Crippen molar-refractivity contribution in [1.82, 2.24) is 4.57 Å². The molecule has 0 unspecified atom stereocenters. The first kappa shape index (κ1) is 15.8. The molecule has 3 rings (SSSR count). The van der Waals surface area contributed by atoms with Crippen LogP contribution >= 0.6 is 0 Å². The number of hydrogen-bond donors (Lipinski definition) is 1. The summed E-state index contributed by atoms with van der Waals surface area (Å²) in [5, 5.41) is 10.7. The Morgan fingerprint density at radius 3 is 2.48 bits per heavy atom. The molecule has 23 heavy (non-hydrogen) atoms. The van der Waals surface area contributed by atoms with Gasteiger partial charge in [-0.25, -0.2) is 0 Å². The van der Waals surface area contributed by atoms with Gasteiger partial charge in [0.25, 0.3) is 5.56 Å². The Balaban J connectivity index is 2.25. The summed E-state index contributed by atoms with van der Waals surface area (Å²) in [6.45, 7) is 3.52. The van der Waals surface area contributed by atoms with Gasteiger partial charge in [-0.1, -0.05) is 26.0 Å². The lowest BCUT2D eigenvalue weighted by Gasteiger charge is -2.27. The summed E-state index contributed by atoms with van der Waals surface area (Å²) in [4.78, 5) is 12.1. The van der Waals surface area contributed by atoms with Gasteiger partial charge in [-0.15, -0.1) is 0 Å². The average molecular weight is 323 g/mol. The molecule has 1 aliphatic rings. The number of fused-ring (bicyclic) bond motifs is 1. The summed E-state index contributed by atoms with van der Waals surface area (Å²) in [5.41, 5.74) is -0.934. The minimum absolute atomic E-state index is 0.339. The Morgan fingerprint density at radius 1 is 1.17 bits per heavy atom. The van der Waals surface area contributed by atoms with E-state index in [0.717, 1.165) is 12.1 Å². The maximum absolute atomic E-state index is 13.0. The van der Waals surface area contributed by atoms with Gasteiger partial charge in [-0.2, -0.15) is 13.2 Å². The van der Waals surface area contributed by atoms with E-state index in [1.807, 2.05) is 0 Å². The summed E-state index contributed by atoms with van der Waals surface area (Å²) in [6, 6.07) is 7.11. The van der Waals surface area contributed by atoms with E-state index in [1.54, 1.807) is 26.0 Å². The highest BCUT2D eigenvalue weighted by Crippen LogP contribution is 2.47. The molecule has 6 heteroatoms. The quantitative estimate of drug-likeness (QED) is 0.876. The summed E-state index contributed by atoms with van der Waals surface area (Å²) in [6.07, 6.45) is -3.98. The monoisotopic (exact) mass is 323 g/mol. The molecule has 1 heterocycles. The zero-order valence-electron chi connectivity index (χ0n) is 12.6. The molecule has 0 bridgehead atoms. The van der Waals surface area contributed by atoms with Crippen LogP contribution in [0.15, 0.2) is 47.4 Å². The highest BCUT2D eigenvalue weighted by molar-refractivity contribution is 5.47. The molecule has 2 aromatic rings. The van der Waals surface area contributed by atoms with Crippen LogP contribution in [-0.4, -0.2) is 15.8 Å². The molecule has 0 fully saturated rings. The first-order valence-corrected chi connectivity index (χ1v) is 7.21. The number of benzene rings is 1. The first-order valence-electron chi connectivity index (χ1n) is 7.21. The van der Waals surface area contributed by atoms with Crippen LogP contribution < -0.4 is 5.56 Å². The van der Waals surface area contributed by atoms with Crippen LogP contribution in [0.5, 0.6) is 0 Å². The number of nitrogens with zero attached hydrogens (tertiary/aromatic N) is 1. The summed E-state index contributed by atoms with van der Waals surface area (Å²) in [7, 11) is 0. The van der Waals surface area contributed by atoms with Crippen molar-refractivity contribution < 1.29 is 18.3 Å². The third kappa shape index (κ3) is 2.37. The predicted octanol–water partition coefficient (Wildman–Crippen LogP) is 3.11. The number of aliphatic hydroxyl groups excluding tert-OH is 1. The molecule has 0 saturated carbocycles. The third-order valence-electron chi connectivity index (χ3n) is 4.58. The van der Waals surface area contributed by atoms with E-state index in [1.165, 1.54) is 22.9 Å². The highest BCUT2D eigenvalue weighted by Gasteiger charge is 2.47. The molecule has 1 aliphatic carbocycles. The van der Waals surface area contributed by atoms with Crippen molar-refractivity contribution in [2.24, 2.45) is 0 Å². The Labute approximate surface area is 131 Å². The van der Waals surface area contributed by atoms with Crippen molar-refractivity contribution in [3.63, 3.8) is 0 Å². The first-order chi connectivity index (χ1) is 10.6. The molecular formula is C17H16F3NO2. The second-order valence-corrected chi connectivity index (χ2v) is 6.36. The molecule has 0 spiro atoms. The fraction of sp³-hybridized carbons (Fsp3) is 0.353. The molecule has 1 aromatic carbocycles. The topological polar surface area (TPSA) is 42.2 Å². The van der Waals surface area contributed by atoms with E-state index in [0.29, 0.717) is 11.1 Å². The minimum atomic E-state index is -4.47. The third-order valence-corrected chi connectivity index (χ3v) is 4.58. The molecule has 2 atom stereocenters. The molecule has 0 saturated heterocycles. The fourth-order valence-electron chi connectivity index (χ4n) is 3.27. The highest BCUT2D eigenvalue weighted by atomic mass is 19.4. The maximum atomic E-state index is 13.0. The number of pyridine rings is 1. The number of alkyl halides is 3. The lowest BCUT2D eigenvalue weighted by molar-refractivity contribution is -0.137. The van der Waals surface area contributed by atoms with Gasteiger partial charge in [0.2, 0.25) is 0 Å². The molecule has 0 radical (unpaired) electrons. The number of aromatic nitrogens is 1. The van der Waals surface area contributed by atoms with Crippen LogP contribution in [0.2, 0.25) is 0 Å². The summed E-state index contributed by atoms with van der Waals surface area (Å²) in [5.74, 6) is 0. The van der Waals surface area contributed by atoms with Crippen molar-refractivity contribution in [2.75, 3.05) is 0 Å². The van der Waals surface area contributed by atoms with Gasteiger partial charge in [0.1, 0.15) is 0 Å². The summed E-state index contributed by atoms with van der Waals surface area (Å²) >= 11 is 0. The molecule has 122 valence electrons. The lowest BCUT2D eigenvalue weighted by atomic mass is 9.84. The van der Waals surface area contributed by atoms with E-state index in [2.05, 4.69) is 0 Å². The lowest BCUT2D eigenvalue weighted by Crippen LogP contribution is -2.37. The van der Waals surface area contributed by atoms with Gasteiger partial charge in [0, 0.05) is 17.7 Å². The number of hydrogen-bond acceptors (Lipinski definition) is 2. The van der Waals surface area contributed by atoms with Crippen molar-refractivity contribution in [1.29, 1.82) is 0 Å². The summed E-state index contributed by atoms with van der Waals surface area (Å²) < 4.78 is 40.4. The second-order valence-electron chi connectivity index (χ2n) is 6.36. The Kier molecular flexibility index (Phi) is 3.41. The second kappa shape index (κ2) is 4.96. The molecule has 1 aromatic heterocycles. The molecule has 0 aliphatic heterocycles. The van der Waals surface area contributed by atoms with E-state index in [-0.39, 0.29) is 5.56 Å². The zero-order valence-corrected chi connectivity index (χ0v) is 12.6. The molecule has 0 amide bonds. The standard InChI is InChI=1S/C17H16F3NO2/c1-16(2)12-7-6-10(17(18,19)20)9-11(12)14(15(16)23)21-8-4-3-5-13(21)22/h3-9,14-15,23H,1-2H3/t14-,15+/m1/s1. The largest absolute Gasteiger partial charge is 0.416 e. The van der Waals surface area contributed by atoms with Crippen molar-refractivity contribution in [3.05, 3.63) is 69.6 Å². The minimum Gasteiger partial charge on any atom is -0.390 e. The van der Waals surface area contributed by atoms with Gasteiger partial charge < -0.3 is 9.67 Å². The molecular weight excluding hydrogens is 307 g/mol. The maximum Gasteiger partial charge on any atom is 0.416 e. The van der Waals surface area contributed by atoms with Crippen LogP contribution in [0.4, 0.5) is 13.2 Å². The van der Waals surface area contributed by atoms with Gasteiger partial charge in [-0.05, 0) is 29.3 Å². The van der Waals surface area contributed by atoms with Crippen molar-refractivity contribution >= 4 is 0 Å². The van der Waals surface area contributed by atoms with Crippen molar-refractivity contribution in [2.45, 2.75) is 37.6 Å². The van der Waals surface area contributed by atoms with Crippen LogP contribution in [-0.2, 0) is 11.6 Å². The van der Waals surface area contributed by atoms with Crippen molar-refractivity contribution in [3.8, 4) is 0 Å². The number of halogens is 3. The van der Waals surface area contributed by atoms with Gasteiger partial charge >= 0.3 is 6.18 Å². The van der Waals surface area contributed by atoms with E-state index in [4.69, 9.17) is 0 Å². The van der Waals surface area contributed by atoms with Gasteiger partial charge in [0.15, 0.2) is 0 Å². The average Bonchev–Trinajstić information content (AvgIpc) is 2.66. The predicted molar refractivity (Wildman–Crippen MR) is 79.3 cm³/mol. The van der Waals surface area contributed by atoms with E-state index >= 15 is 0 Å². The van der Waals surface area contributed by atoms with Crippen LogP contribution in [0.3, 0.4) is 0 Å². The molecule has 3 nitrogen and oxygen atoms in total. The van der Waals surface area contributed by atoms with Crippen LogP contribution in [0, 0.1) is 0 Å². The Bertz CT molecular complexity index is 808. The van der Waals surface area contributed by atoms with Crippen LogP contribution in [0.25, 0.3) is 0 Å². The molecule has 1 N–H and O–H groups in total. The van der Waals surface area contributed by atoms with E-state index < -0.39 is 29.3 Å². The number of aliphatic hydroxyl groups is 1.